The third-order valence-electron chi connectivity index (χ3n) is 5.88. The van der Waals surface area contributed by atoms with E-state index in [1.807, 2.05) is 12.4 Å². The predicted octanol–water partition coefficient (Wildman–Crippen LogP) is 2.07. The van der Waals surface area contributed by atoms with Gasteiger partial charge in [-0.05, 0) is 31.7 Å². The molecule has 3 saturated heterocycles. The van der Waals surface area contributed by atoms with Gasteiger partial charge in [0.05, 0.1) is 37.9 Å². The van der Waals surface area contributed by atoms with E-state index in [2.05, 4.69) is 19.8 Å². The highest BCUT2D eigenvalue weighted by Gasteiger charge is 2.40. The number of likely N-dealkylation sites (tertiary alicyclic amines) is 1. The van der Waals surface area contributed by atoms with E-state index in [9.17, 15) is 13.2 Å². The Morgan fingerprint density at radius 3 is 2.58 bits per heavy atom. The standard InChI is InChI=1S/C18H28N4O2.C2HF3O2/c1-3-18(12-21(4-1)10-16-2-6-23-11-16)13-22(5-7-24-14-18)17-8-19-15-20-9-17;3-2(4,5)1(6)7/h8-9,15-16H,1-7,10-14H2;(H,6,7). The van der Waals surface area contributed by atoms with Crippen LogP contribution in [0.5, 0.6) is 0 Å². The molecular weight excluding hydrogens is 417 g/mol. The molecule has 1 aromatic rings. The molecular formula is C20H29F3N4O4. The van der Waals surface area contributed by atoms with Crippen molar-refractivity contribution in [3.63, 3.8) is 0 Å². The number of nitrogens with zero attached hydrogens (tertiary/aromatic N) is 4. The minimum atomic E-state index is -5.08. The number of aromatic nitrogens is 2. The summed E-state index contributed by atoms with van der Waals surface area (Å²) in [6.07, 6.45) is 4.07. The van der Waals surface area contributed by atoms with Crippen molar-refractivity contribution in [2.24, 2.45) is 11.3 Å². The van der Waals surface area contributed by atoms with Crippen molar-refractivity contribution in [1.82, 2.24) is 14.9 Å². The Labute approximate surface area is 179 Å². The molecule has 0 radical (unpaired) electrons. The summed E-state index contributed by atoms with van der Waals surface area (Å²) in [6, 6.07) is 0. The molecule has 0 amide bonds. The molecule has 31 heavy (non-hydrogen) atoms. The number of piperidine rings is 1. The number of carbonyl (C=O) groups is 1. The largest absolute Gasteiger partial charge is 0.490 e. The number of aliphatic carboxylic acids is 1. The van der Waals surface area contributed by atoms with E-state index < -0.39 is 12.1 Å². The van der Waals surface area contributed by atoms with Crippen molar-refractivity contribution in [2.45, 2.75) is 25.4 Å². The van der Waals surface area contributed by atoms with Gasteiger partial charge in [-0.25, -0.2) is 14.8 Å². The zero-order valence-corrected chi connectivity index (χ0v) is 17.4. The van der Waals surface area contributed by atoms with E-state index in [-0.39, 0.29) is 5.41 Å². The molecule has 0 aliphatic carbocycles. The van der Waals surface area contributed by atoms with Gasteiger partial charge in [-0.15, -0.1) is 0 Å². The van der Waals surface area contributed by atoms with Crippen LogP contribution in [0.1, 0.15) is 19.3 Å². The molecule has 4 rings (SSSR count). The van der Waals surface area contributed by atoms with Gasteiger partial charge in [-0.2, -0.15) is 13.2 Å². The number of alkyl halides is 3. The van der Waals surface area contributed by atoms with Crippen LogP contribution in [-0.4, -0.2) is 91.3 Å². The predicted molar refractivity (Wildman–Crippen MR) is 106 cm³/mol. The smallest absolute Gasteiger partial charge is 0.475 e. The van der Waals surface area contributed by atoms with Gasteiger partial charge >= 0.3 is 12.1 Å². The second-order valence-corrected chi connectivity index (χ2v) is 8.44. The van der Waals surface area contributed by atoms with Gasteiger partial charge in [-0.3, -0.25) is 0 Å². The molecule has 1 N–H and O–H groups in total. The summed E-state index contributed by atoms with van der Waals surface area (Å²) in [5.74, 6) is -2.04. The van der Waals surface area contributed by atoms with Gasteiger partial charge in [0.2, 0.25) is 0 Å². The first-order valence-corrected chi connectivity index (χ1v) is 10.5. The summed E-state index contributed by atoms with van der Waals surface area (Å²) in [7, 11) is 0. The lowest BCUT2D eigenvalue weighted by Gasteiger charge is -2.44. The second kappa shape index (κ2) is 10.6. The van der Waals surface area contributed by atoms with Crippen molar-refractivity contribution in [3.05, 3.63) is 18.7 Å². The average Bonchev–Trinajstić information content (AvgIpc) is 3.16. The molecule has 174 valence electrons. The van der Waals surface area contributed by atoms with Gasteiger partial charge in [0, 0.05) is 38.2 Å². The Hall–Kier alpha value is -1.98. The molecule has 1 aromatic heterocycles. The zero-order valence-electron chi connectivity index (χ0n) is 17.4. The van der Waals surface area contributed by atoms with E-state index in [1.165, 1.54) is 32.4 Å². The Morgan fingerprint density at radius 1 is 1.19 bits per heavy atom. The molecule has 0 bridgehead atoms. The normalized spacial score (nSPS) is 27.5. The molecule has 3 aliphatic rings. The van der Waals surface area contributed by atoms with Crippen LogP contribution in [0, 0.1) is 11.3 Å². The Bertz CT molecular complexity index is 703. The van der Waals surface area contributed by atoms with Crippen LogP contribution in [0.4, 0.5) is 18.9 Å². The molecule has 3 aliphatic heterocycles. The number of ether oxygens (including phenoxy) is 2. The monoisotopic (exact) mass is 446 g/mol. The van der Waals surface area contributed by atoms with E-state index in [0.29, 0.717) is 5.92 Å². The SMILES string of the molecule is O=C(O)C(F)(F)F.c1ncc(N2CCOCC3(CCCN(CC4CCOC4)C3)C2)cn1. The quantitative estimate of drug-likeness (QED) is 0.755. The van der Waals surface area contributed by atoms with E-state index >= 15 is 0 Å². The second-order valence-electron chi connectivity index (χ2n) is 8.44. The summed E-state index contributed by atoms with van der Waals surface area (Å²) in [4.78, 5) is 22.3. The van der Waals surface area contributed by atoms with Crippen molar-refractivity contribution in [3.8, 4) is 0 Å². The first-order valence-electron chi connectivity index (χ1n) is 10.5. The maximum Gasteiger partial charge on any atom is 0.490 e. The van der Waals surface area contributed by atoms with Gasteiger partial charge in [-0.1, -0.05) is 0 Å². The third kappa shape index (κ3) is 7.01. The van der Waals surface area contributed by atoms with Crippen molar-refractivity contribution in [2.75, 3.05) is 64.1 Å². The number of carboxylic acid groups (broad SMARTS) is 1. The van der Waals surface area contributed by atoms with Gasteiger partial charge < -0.3 is 24.4 Å². The van der Waals surface area contributed by atoms with Crippen LogP contribution in [0.15, 0.2) is 18.7 Å². The zero-order chi connectivity index (χ0) is 22.3. The maximum absolute atomic E-state index is 10.6. The highest BCUT2D eigenvalue weighted by Crippen LogP contribution is 2.35. The topological polar surface area (TPSA) is 88.0 Å². The third-order valence-corrected chi connectivity index (χ3v) is 5.88. The number of halogens is 3. The number of carboxylic acids is 1. The van der Waals surface area contributed by atoms with Crippen molar-refractivity contribution < 1.29 is 32.5 Å². The number of anilines is 1. The fourth-order valence-electron chi connectivity index (χ4n) is 4.47. The first-order chi connectivity index (χ1) is 14.8. The Morgan fingerprint density at radius 2 is 1.94 bits per heavy atom. The highest BCUT2D eigenvalue weighted by molar-refractivity contribution is 5.73. The van der Waals surface area contributed by atoms with Gasteiger partial charge in [0.1, 0.15) is 6.33 Å². The summed E-state index contributed by atoms with van der Waals surface area (Å²) < 4.78 is 43.3. The van der Waals surface area contributed by atoms with Crippen LogP contribution in [0.3, 0.4) is 0 Å². The lowest BCUT2D eigenvalue weighted by atomic mass is 9.79. The van der Waals surface area contributed by atoms with Crippen LogP contribution in [0.2, 0.25) is 0 Å². The lowest BCUT2D eigenvalue weighted by molar-refractivity contribution is -0.192. The fourth-order valence-corrected chi connectivity index (χ4v) is 4.47. The maximum atomic E-state index is 10.6. The van der Waals surface area contributed by atoms with Crippen molar-refractivity contribution >= 4 is 11.7 Å². The molecule has 3 fully saturated rings. The minimum absolute atomic E-state index is 0.226. The molecule has 1 spiro atoms. The van der Waals surface area contributed by atoms with E-state index in [0.717, 1.165) is 51.7 Å². The van der Waals surface area contributed by atoms with Gasteiger partial charge in [0.25, 0.3) is 0 Å². The summed E-state index contributed by atoms with van der Waals surface area (Å²) in [5.41, 5.74) is 1.34. The Kier molecular flexibility index (Phi) is 8.06. The molecule has 4 heterocycles. The average molecular weight is 446 g/mol. The number of hydrogen-bond donors (Lipinski definition) is 1. The number of hydrogen-bond acceptors (Lipinski definition) is 7. The number of rotatable bonds is 3. The lowest BCUT2D eigenvalue weighted by Crippen LogP contribution is -2.51. The van der Waals surface area contributed by atoms with Crippen LogP contribution in [0.25, 0.3) is 0 Å². The summed E-state index contributed by atoms with van der Waals surface area (Å²) >= 11 is 0. The van der Waals surface area contributed by atoms with Crippen LogP contribution < -0.4 is 4.90 Å². The van der Waals surface area contributed by atoms with Crippen LogP contribution in [-0.2, 0) is 14.3 Å². The van der Waals surface area contributed by atoms with E-state index in [1.54, 1.807) is 6.33 Å². The molecule has 2 unspecified atom stereocenters. The fraction of sp³-hybridized carbons (Fsp3) is 0.750. The minimum Gasteiger partial charge on any atom is -0.475 e. The molecule has 0 saturated carbocycles. The van der Waals surface area contributed by atoms with E-state index in [4.69, 9.17) is 19.4 Å². The molecule has 0 aromatic carbocycles. The highest BCUT2D eigenvalue weighted by atomic mass is 19.4. The van der Waals surface area contributed by atoms with Gasteiger partial charge in [0.15, 0.2) is 0 Å². The molecule has 2 atom stereocenters. The molecule has 8 nitrogen and oxygen atoms in total. The Balaban J connectivity index is 0.000000339. The van der Waals surface area contributed by atoms with Crippen molar-refractivity contribution in [1.29, 1.82) is 0 Å². The molecule has 11 heteroatoms. The van der Waals surface area contributed by atoms with Crippen LogP contribution >= 0.6 is 0 Å². The summed E-state index contributed by atoms with van der Waals surface area (Å²) in [6.45, 7) is 9.02. The summed E-state index contributed by atoms with van der Waals surface area (Å²) in [5, 5.41) is 7.12. The first kappa shape index (κ1) is 23.7.